The third-order valence-electron chi connectivity index (χ3n) is 6.95. The predicted molar refractivity (Wildman–Crippen MR) is 155 cm³/mol. The van der Waals surface area contributed by atoms with Crippen LogP contribution in [-0.2, 0) is 19.6 Å². The van der Waals surface area contributed by atoms with Crippen LogP contribution in [0.1, 0.15) is 56.4 Å². The van der Waals surface area contributed by atoms with Gasteiger partial charge in [-0.1, -0.05) is 99.5 Å². The van der Waals surface area contributed by atoms with Crippen molar-refractivity contribution in [2.24, 2.45) is 0 Å². The van der Waals surface area contributed by atoms with Gasteiger partial charge in [0.25, 0.3) is 0 Å². The Morgan fingerprint density at radius 1 is 0.846 bits per heavy atom. The van der Waals surface area contributed by atoms with Crippen molar-refractivity contribution in [3.05, 3.63) is 95.7 Å². The van der Waals surface area contributed by atoms with Gasteiger partial charge < -0.3 is 9.30 Å². The fourth-order valence-electron chi connectivity index (χ4n) is 4.94. The molecule has 0 fully saturated rings. The molecule has 206 valence electrons. The fraction of sp³-hybridized carbons (Fsp3) is 0.364. The number of aromatic nitrogens is 2. The Morgan fingerprint density at radius 2 is 1.51 bits per heavy atom. The lowest BCUT2D eigenvalue weighted by atomic mass is 10.1. The Bertz CT molecular complexity index is 1310. The van der Waals surface area contributed by atoms with Gasteiger partial charge in [0.2, 0.25) is 0 Å². The first-order valence-electron chi connectivity index (χ1n) is 14.0. The highest BCUT2D eigenvalue weighted by atomic mass is 19.3. The summed E-state index contributed by atoms with van der Waals surface area (Å²) in [7, 11) is 0. The Balaban J connectivity index is 1.74. The van der Waals surface area contributed by atoms with Gasteiger partial charge in [0.15, 0.2) is 0 Å². The molecule has 4 aromatic rings. The maximum Gasteiger partial charge on any atom is 0.387 e. The van der Waals surface area contributed by atoms with Crippen LogP contribution in [0.4, 0.5) is 8.78 Å². The number of hydrogen-bond donors (Lipinski definition) is 0. The number of halogens is 2. The van der Waals surface area contributed by atoms with Gasteiger partial charge in [-0.15, -0.1) is 0 Å². The van der Waals surface area contributed by atoms with E-state index in [2.05, 4.69) is 76.6 Å². The zero-order valence-electron chi connectivity index (χ0n) is 23.2. The number of imidazole rings is 1. The smallest absolute Gasteiger partial charge is 0.387 e. The van der Waals surface area contributed by atoms with Crippen molar-refractivity contribution in [1.29, 1.82) is 0 Å². The van der Waals surface area contributed by atoms with Crippen molar-refractivity contribution in [3.63, 3.8) is 0 Å². The molecule has 1 heterocycles. The van der Waals surface area contributed by atoms with Gasteiger partial charge in [0, 0.05) is 30.8 Å². The lowest BCUT2D eigenvalue weighted by Crippen LogP contribution is -2.26. The van der Waals surface area contributed by atoms with Gasteiger partial charge >= 0.3 is 6.61 Å². The van der Waals surface area contributed by atoms with E-state index in [0.29, 0.717) is 12.1 Å². The standard InChI is InChI=1S/C33H39F2N3O/c1-4-6-20-37(23-26-18-19-30(25(3)22-26)39-33(34)35)24-29-31(27-14-10-8-11-15-27)36-32(38(29)21-7-5-2)28-16-12-9-13-17-28/h8-19,22,33H,4-7,20-21,23-24H2,1-3H3. The van der Waals surface area contributed by atoms with Crippen LogP contribution in [0, 0.1) is 6.92 Å². The summed E-state index contributed by atoms with van der Waals surface area (Å²) in [6, 6.07) is 26.3. The lowest BCUT2D eigenvalue weighted by molar-refractivity contribution is -0.0503. The molecule has 0 aliphatic rings. The van der Waals surface area contributed by atoms with Gasteiger partial charge in [-0.3, -0.25) is 4.90 Å². The quantitative estimate of drug-likeness (QED) is 0.163. The second-order valence-electron chi connectivity index (χ2n) is 10.0. The molecule has 3 aromatic carbocycles. The number of nitrogens with zero attached hydrogens (tertiary/aromatic N) is 3. The van der Waals surface area contributed by atoms with Crippen molar-refractivity contribution in [2.75, 3.05) is 6.54 Å². The Labute approximate surface area is 231 Å². The van der Waals surface area contributed by atoms with Crippen LogP contribution >= 0.6 is 0 Å². The summed E-state index contributed by atoms with van der Waals surface area (Å²) in [6.07, 6.45) is 4.32. The minimum Gasteiger partial charge on any atom is -0.435 e. The molecular weight excluding hydrogens is 492 g/mol. The van der Waals surface area contributed by atoms with E-state index in [1.54, 1.807) is 6.07 Å². The van der Waals surface area contributed by atoms with E-state index in [4.69, 9.17) is 4.98 Å². The molecular formula is C33H39F2N3O. The molecule has 4 rings (SSSR count). The molecule has 0 atom stereocenters. The molecule has 6 heteroatoms. The van der Waals surface area contributed by atoms with Gasteiger partial charge in [0.05, 0.1) is 11.4 Å². The molecule has 0 aliphatic carbocycles. The second kappa shape index (κ2) is 14.0. The average molecular weight is 532 g/mol. The molecule has 4 nitrogen and oxygen atoms in total. The first-order valence-corrected chi connectivity index (χ1v) is 14.0. The maximum absolute atomic E-state index is 12.8. The van der Waals surface area contributed by atoms with E-state index in [9.17, 15) is 8.78 Å². The number of hydrogen-bond acceptors (Lipinski definition) is 3. The van der Waals surface area contributed by atoms with Crippen LogP contribution in [0.15, 0.2) is 78.9 Å². The van der Waals surface area contributed by atoms with Gasteiger partial charge in [-0.25, -0.2) is 4.98 Å². The van der Waals surface area contributed by atoms with E-state index in [0.717, 1.165) is 73.5 Å². The summed E-state index contributed by atoms with van der Waals surface area (Å²) in [5.41, 5.74) is 6.24. The fourth-order valence-corrected chi connectivity index (χ4v) is 4.94. The van der Waals surface area contributed by atoms with Crippen molar-refractivity contribution in [2.45, 2.75) is 72.7 Å². The van der Waals surface area contributed by atoms with Crippen LogP contribution in [0.25, 0.3) is 22.6 Å². The number of unbranched alkanes of at least 4 members (excludes halogenated alkanes) is 2. The second-order valence-corrected chi connectivity index (χ2v) is 10.0. The summed E-state index contributed by atoms with van der Waals surface area (Å²) >= 11 is 0. The maximum atomic E-state index is 12.8. The highest BCUT2D eigenvalue weighted by molar-refractivity contribution is 5.68. The first kappa shape index (κ1) is 28.5. The molecule has 0 spiro atoms. The van der Waals surface area contributed by atoms with E-state index in [1.807, 2.05) is 31.2 Å². The van der Waals surface area contributed by atoms with Gasteiger partial charge in [0.1, 0.15) is 11.6 Å². The van der Waals surface area contributed by atoms with Crippen molar-refractivity contribution < 1.29 is 13.5 Å². The minimum atomic E-state index is -2.82. The molecule has 0 N–H and O–H groups in total. The minimum absolute atomic E-state index is 0.227. The highest BCUT2D eigenvalue weighted by Crippen LogP contribution is 2.32. The normalized spacial score (nSPS) is 11.5. The summed E-state index contributed by atoms with van der Waals surface area (Å²) in [5.74, 6) is 1.23. The van der Waals surface area contributed by atoms with E-state index in [-0.39, 0.29) is 5.75 Å². The number of ether oxygens (including phenoxy) is 1. The molecule has 1 aromatic heterocycles. The lowest BCUT2D eigenvalue weighted by Gasteiger charge is -2.24. The molecule has 0 saturated carbocycles. The summed E-state index contributed by atoms with van der Waals surface area (Å²) in [5, 5.41) is 0. The summed E-state index contributed by atoms with van der Waals surface area (Å²) in [4.78, 5) is 7.70. The summed E-state index contributed by atoms with van der Waals surface area (Å²) in [6.45, 7) is 6.69. The average Bonchev–Trinajstić information content (AvgIpc) is 3.30. The highest BCUT2D eigenvalue weighted by Gasteiger charge is 2.22. The van der Waals surface area contributed by atoms with Crippen molar-refractivity contribution in [3.8, 4) is 28.4 Å². The van der Waals surface area contributed by atoms with Gasteiger partial charge in [-0.05, 0) is 43.5 Å². The van der Waals surface area contributed by atoms with Crippen LogP contribution < -0.4 is 4.74 Å². The molecule has 0 aliphatic heterocycles. The van der Waals surface area contributed by atoms with E-state index >= 15 is 0 Å². The topological polar surface area (TPSA) is 30.3 Å². The third kappa shape index (κ3) is 7.54. The molecule has 0 amide bonds. The molecule has 0 bridgehead atoms. The van der Waals surface area contributed by atoms with Crippen LogP contribution in [0.3, 0.4) is 0 Å². The van der Waals surface area contributed by atoms with Crippen molar-refractivity contribution >= 4 is 0 Å². The van der Waals surface area contributed by atoms with Gasteiger partial charge in [-0.2, -0.15) is 8.78 Å². The summed E-state index contributed by atoms with van der Waals surface area (Å²) < 4.78 is 32.6. The van der Waals surface area contributed by atoms with Crippen molar-refractivity contribution in [1.82, 2.24) is 14.5 Å². The molecule has 0 saturated heterocycles. The number of rotatable bonds is 14. The van der Waals surface area contributed by atoms with Crippen LogP contribution in [-0.4, -0.2) is 27.6 Å². The Hall–Kier alpha value is -3.51. The van der Waals surface area contributed by atoms with E-state index < -0.39 is 6.61 Å². The zero-order valence-corrected chi connectivity index (χ0v) is 23.2. The molecule has 39 heavy (non-hydrogen) atoms. The third-order valence-corrected chi connectivity index (χ3v) is 6.95. The SMILES string of the molecule is CCCCN(Cc1ccc(OC(F)F)c(C)c1)Cc1c(-c2ccccc2)nc(-c2ccccc2)n1CCCC. The first-order chi connectivity index (χ1) is 19.0. The number of alkyl halides is 2. The number of benzene rings is 3. The number of aryl methyl sites for hydroxylation is 1. The largest absolute Gasteiger partial charge is 0.435 e. The molecule has 0 unspecified atom stereocenters. The molecule has 0 radical (unpaired) electrons. The van der Waals surface area contributed by atoms with Crippen LogP contribution in [0.2, 0.25) is 0 Å². The predicted octanol–water partition coefficient (Wildman–Crippen LogP) is 8.73. The van der Waals surface area contributed by atoms with Crippen LogP contribution in [0.5, 0.6) is 5.75 Å². The Morgan fingerprint density at radius 3 is 2.13 bits per heavy atom. The monoisotopic (exact) mass is 531 g/mol. The zero-order chi connectivity index (χ0) is 27.6. The van der Waals surface area contributed by atoms with E-state index in [1.165, 1.54) is 5.69 Å². The Kier molecular flexibility index (Phi) is 10.3.